The Morgan fingerprint density at radius 3 is 2.42 bits per heavy atom. The Bertz CT molecular complexity index is 679. The molecule has 0 spiro atoms. The van der Waals surface area contributed by atoms with Gasteiger partial charge in [-0.2, -0.15) is 0 Å². The zero-order valence-corrected chi connectivity index (χ0v) is 16.0. The number of halogens is 1. The molecule has 1 heterocycles. The summed E-state index contributed by atoms with van der Waals surface area (Å²) in [5.74, 6) is 0. The summed E-state index contributed by atoms with van der Waals surface area (Å²) in [5, 5.41) is 10.5. The number of aliphatic hydroxyl groups is 1. The topological polar surface area (TPSA) is 27.9 Å². The highest BCUT2D eigenvalue weighted by molar-refractivity contribution is 9.10. The number of anilines is 1. The Morgan fingerprint density at radius 2 is 1.75 bits per heavy atom. The number of piperazine rings is 1. The van der Waals surface area contributed by atoms with Gasteiger partial charge in [0.15, 0.2) is 0 Å². The molecule has 0 unspecified atom stereocenters. The first kappa shape index (κ1) is 17.5. The average Bonchev–Trinajstić information content (AvgIpc) is 2.58. The van der Waals surface area contributed by atoms with Crippen molar-refractivity contribution in [3.63, 3.8) is 0 Å². The monoisotopic (exact) mass is 389 g/mol. The Balaban J connectivity index is 1.57. The standard InChI is InChI=1S/C20H25BrN2O/c1-15-3-4-16(2)19(13-15)23-11-9-22(10-12-23)14-20(24)17-5-7-18(21)8-6-17/h3-8,13,20,24H,9-12,14H2,1-2H3/p+1/t20-/m1/s1. The first-order valence-electron chi connectivity index (χ1n) is 8.62. The molecule has 0 saturated carbocycles. The van der Waals surface area contributed by atoms with Crippen molar-refractivity contribution in [2.75, 3.05) is 37.6 Å². The van der Waals surface area contributed by atoms with Gasteiger partial charge < -0.3 is 14.9 Å². The van der Waals surface area contributed by atoms with Crippen LogP contribution in [0.4, 0.5) is 5.69 Å². The summed E-state index contributed by atoms with van der Waals surface area (Å²) in [6.45, 7) is 9.36. The fourth-order valence-corrected chi connectivity index (χ4v) is 3.67. The zero-order chi connectivity index (χ0) is 17.1. The number of nitrogens with one attached hydrogen (secondary N) is 1. The maximum Gasteiger partial charge on any atom is 0.128 e. The molecule has 4 heteroatoms. The largest absolute Gasteiger partial charge is 0.382 e. The summed E-state index contributed by atoms with van der Waals surface area (Å²) in [6.07, 6.45) is -0.389. The number of rotatable bonds is 4. The van der Waals surface area contributed by atoms with Crippen LogP contribution in [0.2, 0.25) is 0 Å². The second kappa shape index (κ2) is 7.68. The molecule has 3 nitrogen and oxygen atoms in total. The van der Waals surface area contributed by atoms with E-state index in [1.54, 1.807) is 0 Å². The first-order valence-corrected chi connectivity index (χ1v) is 9.41. The van der Waals surface area contributed by atoms with E-state index in [0.29, 0.717) is 0 Å². The molecule has 1 aliphatic heterocycles. The van der Waals surface area contributed by atoms with E-state index in [1.165, 1.54) is 21.7 Å². The van der Waals surface area contributed by atoms with Gasteiger partial charge in [-0.25, -0.2) is 0 Å². The highest BCUT2D eigenvalue weighted by Crippen LogP contribution is 2.21. The lowest BCUT2D eigenvalue weighted by molar-refractivity contribution is -0.904. The van der Waals surface area contributed by atoms with Gasteiger partial charge in [0, 0.05) is 10.2 Å². The summed E-state index contributed by atoms with van der Waals surface area (Å²) in [5.41, 5.74) is 5.03. The summed E-state index contributed by atoms with van der Waals surface area (Å²) < 4.78 is 1.05. The van der Waals surface area contributed by atoms with Gasteiger partial charge in [0.05, 0.1) is 26.2 Å². The van der Waals surface area contributed by atoms with Crippen molar-refractivity contribution in [1.82, 2.24) is 0 Å². The van der Waals surface area contributed by atoms with E-state index in [1.807, 2.05) is 24.3 Å². The zero-order valence-electron chi connectivity index (χ0n) is 14.4. The average molecular weight is 390 g/mol. The fourth-order valence-electron chi connectivity index (χ4n) is 3.40. The molecule has 2 N–H and O–H groups in total. The molecule has 24 heavy (non-hydrogen) atoms. The number of quaternary nitrogens is 1. The Labute approximate surface area is 153 Å². The molecule has 2 aromatic rings. The van der Waals surface area contributed by atoms with Crippen LogP contribution in [-0.4, -0.2) is 37.8 Å². The van der Waals surface area contributed by atoms with Crippen LogP contribution < -0.4 is 9.80 Å². The predicted octanol–water partition coefficient (Wildman–Crippen LogP) is 2.50. The molecule has 0 aliphatic carbocycles. The smallest absolute Gasteiger partial charge is 0.128 e. The molecule has 0 aromatic heterocycles. The van der Waals surface area contributed by atoms with Crippen molar-refractivity contribution in [2.45, 2.75) is 20.0 Å². The second-order valence-electron chi connectivity index (χ2n) is 6.80. The minimum Gasteiger partial charge on any atom is -0.382 e. The number of aryl methyl sites for hydroxylation is 2. The first-order chi connectivity index (χ1) is 11.5. The molecule has 1 atom stereocenters. The van der Waals surface area contributed by atoms with Crippen LogP contribution in [-0.2, 0) is 0 Å². The van der Waals surface area contributed by atoms with Crippen molar-refractivity contribution < 1.29 is 10.0 Å². The van der Waals surface area contributed by atoms with Gasteiger partial charge in [-0.1, -0.05) is 40.2 Å². The minimum atomic E-state index is -0.389. The molecule has 2 aromatic carbocycles. The molecule has 1 saturated heterocycles. The number of nitrogens with zero attached hydrogens (tertiary/aromatic N) is 1. The number of hydrogen-bond acceptors (Lipinski definition) is 2. The van der Waals surface area contributed by atoms with Crippen molar-refractivity contribution >= 4 is 21.6 Å². The summed E-state index contributed by atoms with van der Waals surface area (Å²) in [7, 11) is 0. The normalized spacial score (nSPS) is 17.1. The number of aliphatic hydroxyl groups excluding tert-OH is 1. The third-order valence-corrected chi connectivity index (χ3v) is 5.44. The van der Waals surface area contributed by atoms with E-state index >= 15 is 0 Å². The highest BCUT2D eigenvalue weighted by atomic mass is 79.9. The molecule has 0 amide bonds. The molecule has 128 valence electrons. The molecular formula is C20H26BrN2O+. The van der Waals surface area contributed by atoms with Crippen LogP contribution in [0.3, 0.4) is 0 Å². The Morgan fingerprint density at radius 1 is 1.08 bits per heavy atom. The third kappa shape index (κ3) is 4.18. The van der Waals surface area contributed by atoms with Gasteiger partial charge >= 0.3 is 0 Å². The van der Waals surface area contributed by atoms with Crippen LogP contribution >= 0.6 is 15.9 Å². The van der Waals surface area contributed by atoms with Gasteiger partial charge in [0.1, 0.15) is 12.6 Å². The van der Waals surface area contributed by atoms with Gasteiger partial charge in [-0.05, 0) is 48.7 Å². The minimum absolute atomic E-state index is 0.389. The highest BCUT2D eigenvalue weighted by Gasteiger charge is 2.23. The van der Waals surface area contributed by atoms with Crippen LogP contribution in [0.5, 0.6) is 0 Å². The summed E-state index contributed by atoms with van der Waals surface area (Å²) >= 11 is 3.44. The van der Waals surface area contributed by atoms with E-state index in [2.05, 4.69) is 52.9 Å². The van der Waals surface area contributed by atoms with E-state index in [-0.39, 0.29) is 6.10 Å². The SMILES string of the molecule is Cc1ccc(C)c(N2CC[NH+](C[C@@H](O)c3ccc(Br)cc3)CC2)c1. The Hall–Kier alpha value is -1.36. The maximum atomic E-state index is 10.5. The van der Waals surface area contributed by atoms with Crippen LogP contribution in [0, 0.1) is 13.8 Å². The maximum absolute atomic E-state index is 10.5. The fraction of sp³-hybridized carbons (Fsp3) is 0.400. The molecule has 0 radical (unpaired) electrons. The van der Waals surface area contributed by atoms with E-state index < -0.39 is 0 Å². The quantitative estimate of drug-likeness (QED) is 0.840. The van der Waals surface area contributed by atoms with E-state index in [4.69, 9.17) is 0 Å². The van der Waals surface area contributed by atoms with Crippen LogP contribution in [0.25, 0.3) is 0 Å². The van der Waals surface area contributed by atoms with Crippen molar-refractivity contribution in [2.24, 2.45) is 0 Å². The second-order valence-corrected chi connectivity index (χ2v) is 7.71. The van der Waals surface area contributed by atoms with Gasteiger partial charge in [-0.3, -0.25) is 0 Å². The van der Waals surface area contributed by atoms with Crippen molar-refractivity contribution in [3.05, 3.63) is 63.6 Å². The molecule has 0 bridgehead atoms. The number of hydrogen-bond donors (Lipinski definition) is 2. The lowest BCUT2D eigenvalue weighted by Gasteiger charge is -2.35. The molecule has 1 fully saturated rings. The van der Waals surface area contributed by atoms with Gasteiger partial charge in [0.25, 0.3) is 0 Å². The van der Waals surface area contributed by atoms with Gasteiger partial charge in [-0.15, -0.1) is 0 Å². The van der Waals surface area contributed by atoms with Crippen LogP contribution in [0.15, 0.2) is 46.9 Å². The molecule has 1 aliphatic rings. The summed E-state index contributed by atoms with van der Waals surface area (Å²) in [4.78, 5) is 3.96. The summed E-state index contributed by atoms with van der Waals surface area (Å²) in [6, 6.07) is 14.7. The van der Waals surface area contributed by atoms with E-state index in [9.17, 15) is 5.11 Å². The van der Waals surface area contributed by atoms with Crippen molar-refractivity contribution in [1.29, 1.82) is 0 Å². The molecule has 3 rings (SSSR count). The van der Waals surface area contributed by atoms with Gasteiger partial charge in [0.2, 0.25) is 0 Å². The van der Waals surface area contributed by atoms with Crippen LogP contribution in [0.1, 0.15) is 22.8 Å². The number of benzene rings is 2. The lowest BCUT2D eigenvalue weighted by atomic mass is 10.1. The van der Waals surface area contributed by atoms with E-state index in [0.717, 1.165) is 42.8 Å². The lowest BCUT2D eigenvalue weighted by Crippen LogP contribution is -3.15. The van der Waals surface area contributed by atoms with Crippen molar-refractivity contribution in [3.8, 4) is 0 Å². The predicted molar refractivity (Wildman–Crippen MR) is 103 cm³/mol. The third-order valence-electron chi connectivity index (χ3n) is 4.91. The molecular weight excluding hydrogens is 364 g/mol. The Kier molecular flexibility index (Phi) is 5.59.